The van der Waals surface area contributed by atoms with Crippen LogP contribution in [0.5, 0.6) is 11.5 Å². The number of hydrogen-bond donors (Lipinski definition) is 1. The van der Waals surface area contributed by atoms with Gasteiger partial charge in [0.15, 0.2) is 0 Å². The number of nitrogens with one attached hydrogen (secondary N) is 1. The van der Waals surface area contributed by atoms with E-state index in [1.54, 1.807) is 44.6 Å². The summed E-state index contributed by atoms with van der Waals surface area (Å²) in [5, 5.41) is 2.83. The van der Waals surface area contributed by atoms with E-state index in [9.17, 15) is 4.79 Å². The number of anilines is 1. The number of rotatable bonds is 4. The van der Waals surface area contributed by atoms with Crippen molar-refractivity contribution in [2.45, 2.75) is 0 Å². The average Bonchev–Trinajstić information content (AvgIpc) is 3.02. The molecule has 0 radical (unpaired) electrons. The topological polar surface area (TPSA) is 73.3 Å². The minimum absolute atomic E-state index is 0.104. The zero-order valence-corrected chi connectivity index (χ0v) is 13.7. The van der Waals surface area contributed by atoms with Gasteiger partial charge in [-0.05, 0) is 0 Å². The molecule has 0 aliphatic heterocycles. The van der Waals surface area contributed by atoms with Gasteiger partial charge in [0.2, 0.25) is 0 Å². The summed E-state index contributed by atoms with van der Waals surface area (Å²) in [7, 11) is 3.12. The molecule has 0 unspecified atom stereocenters. The molecule has 0 saturated heterocycles. The van der Waals surface area contributed by atoms with Gasteiger partial charge in [0.25, 0.3) is 0 Å². The Bertz CT molecular complexity index is 832. The van der Waals surface area contributed by atoms with E-state index in [0.29, 0.717) is 22.7 Å². The van der Waals surface area contributed by atoms with Crippen molar-refractivity contribution in [2.75, 3.05) is 19.5 Å². The van der Waals surface area contributed by atoms with E-state index in [-0.39, 0.29) is 20.9 Å². The van der Waals surface area contributed by atoms with E-state index in [4.69, 9.17) is 9.47 Å². The molecule has 1 heterocycles. The number of benzene rings is 2. The molecular weight excluding hydrogens is 349 g/mol. The quantitative estimate of drug-likeness (QED) is 0.719. The molecule has 2 aromatic carbocycles. The number of carbonyl (C=O) groups is 1. The van der Waals surface area contributed by atoms with E-state index < -0.39 is 0 Å². The SMILES string of the molecule is COc1ccc(OC)c(NC(=O)c2ccc3n[se]nc3c2)c1. The number of hydrogen-bond acceptors (Lipinski definition) is 5. The predicted octanol–water partition coefficient (Wildman–Crippen LogP) is 1.96. The van der Waals surface area contributed by atoms with Gasteiger partial charge in [-0.3, -0.25) is 0 Å². The van der Waals surface area contributed by atoms with E-state index in [1.165, 1.54) is 0 Å². The molecule has 1 aromatic heterocycles. The van der Waals surface area contributed by atoms with Crippen molar-refractivity contribution in [3.05, 3.63) is 42.0 Å². The van der Waals surface area contributed by atoms with E-state index >= 15 is 0 Å². The molecule has 3 rings (SSSR count). The third-order valence-electron chi connectivity index (χ3n) is 3.17. The zero-order chi connectivity index (χ0) is 15.5. The van der Waals surface area contributed by atoms with Crippen molar-refractivity contribution in [1.82, 2.24) is 7.96 Å². The standard InChI is InChI=1S/C15H13N3O3Se/c1-20-10-4-6-14(21-2)13(8-10)16-15(19)9-3-5-11-12(7-9)18-22-17-11/h3-8H,1-2H3,(H,16,19). The summed E-state index contributed by atoms with van der Waals surface area (Å²) in [4.78, 5) is 12.4. The van der Waals surface area contributed by atoms with Gasteiger partial charge < -0.3 is 0 Å². The number of carbonyl (C=O) groups excluding carboxylic acids is 1. The third kappa shape index (κ3) is 2.81. The fraction of sp³-hybridized carbons (Fsp3) is 0.133. The van der Waals surface area contributed by atoms with Crippen molar-refractivity contribution in [3.63, 3.8) is 0 Å². The Morgan fingerprint density at radius 3 is 2.64 bits per heavy atom. The van der Waals surface area contributed by atoms with Gasteiger partial charge in [0.1, 0.15) is 0 Å². The van der Waals surface area contributed by atoms with E-state index in [1.807, 2.05) is 6.07 Å². The molecule has 0 aliphatic carbocycles. The Kier molecular flexibility index (Phi) is 4.09. The fourth-order valence-electron chi connectivity index (χ4n) is 2.03. The number of aromatic nitrogens is 2. The minimum atomic E-state index is -0.232. The maximum absolute atomic E-state index is 12.4. The second-order valence-electron chi connectivity index (χ2n) is 4.49. The van der Waals surface area contributed by atoms with Crippen molar-refractivity contribution >= 4 is 37.6 Å². The summed E-state index contributed by atoms with van der Waals surface area (Å²) in [6.07, 6.45) is 0. The predicted molar refractivity (Wildman–Crippen MR) is 84.0 cm³/mol. The van der Waals surface area contributed by atoms with Crippen LogP contribution in [0.2, 0.25) is 0 Å². The van der Waals surface area contributed by atoms with E-state index in [2.05, 4.69) is 13.3 Å². The summed E-state index contributed by atoms with van der Waals surface area (Å²) in [5.41, 5.74) is 2.69. The number of amides is 1. The monoisotopic (exact) mass is 363 g/mol. The summed E-state index contributed by atoms with van der Waals surface area (Å²) >= 11 is -0.104. The second kappa shape index (κ2) is 6.17. The molecule has 0 bridgehead atoms. The third-order valence-corrected chi connectivity index (χ3v) is 4.34. The zero-order valence-electron chi connectivity index (χ0n) is 12.0. The van der Waals surface area contributed by atoms with E-state index in [0.717, 1.165) is 11.0 Å². The summed E-state index contributed by atoms with van der Waals surface area (Å²) < 4.78 is 19.0. The first-order valence-electron chi connectivity index (χ1n) is 6.47. The Morgan fingerprint density at radius 1 is 1.05 bits per heavy atom. The van der Waals surface area contributed by atoms with Crippen LogP contribution in [0, 0.1) is 0 Å². The molecule has 1 N–H and O–H groups in total. The van der Waals surface area contributed by atoms with Gasteiger partial charge in [-0.2, -0.15) is 0 Å². The summed E-state index contributed by atoms with van der Waals surface area (Å²) in [6, 6.07) is 10.5. The van der Waals surface area contributed by atoms with Gasteiger partial charge in [-0.1, -0.05) is 0 Å². The van der Waals surface area contributed by atoms with Crippen molar-refractivity contribution in [1.29, 1.82) is 0 Å². The first-order chi connectivity index (χ1) is 10.7. The van der Waals surface area contributed by atoms with Crippen LogP contribution in [0.3, 0.4) is 0 Å². The molecule has 0 saturated carbocycles. The maximum atomic E-state index is 12.4. The first kappa shape index (κ1) is 14.6. The molecule has 7 heteroatoms. The Morgan fingerprint density at radius 2 is 1.86 bits per heavy atom. The second-order valence-corrected chi connectivity index (χ2v) is 5.60. The van der Waals surface area contributed by atoms with Crippen LogP contribution in [0.4, 0.5) is 5.69 Å². The summed E-state index contributed by atoms with van der Waals surface area (Å²) in [5.74, 6) is 0.976. The molecule has 22 heavy (non-hydrogen) atoms. The molecule has 6 nitrogen and oxygen atoms in total. The van der Waals surface area contributed by atoms with Crippen molar-refractivity contribution in [2.24, 2.45) is 0 Å². The van der Waals surface area contributed by atoms with Crippen LogP contribution in [0.15, 0.2) is 36.4 Å². The number of nitrogens with zero attached hydrogens (tertiary/aromatic N) is 2. The van der Waals surface area contributed by atoms with Gasteiger partial charge in [-0.25, -0.2) is 0 Å². The van der Waals surface area contributed by atoms with Crippen LogP contribution in [-0.4, -0.2) is 43.0 Å². The van der Waals surface area contributed by atoms with Crippen LogP contribution in [-0.2, 0) is 0 Å². The number of fused-ring (bicyclic) bond motifs is 1. The number of ether oxygens (including phenoxy) is 2. The molecular formula is C15H13N3O3Se. The van der Waals surface area contributed by atoms with Gasteiger partial charge >= 0.3 is 133 Å². The molecule has 0 fully saturated rings. The van der Waals surface area contributed by atoms with Crippen LogP contribution in [0.25, 0.3) is 11.0 Å². The normalized spacial score (nSPS) is 10.5. The first-order valence-corrected chi connectivity index (χ1v) is 8.00. The van der Waals surface area contributed by atoms with Gasteiger partial charge in [-0.15, -0.1) is 0 Å². The molecule has 112 valence electrons. The fourth-order valence-corrected chi connectivity index (χ4v) is 3.12. The van der Waals surface area contributed by atoms with Gasteiger partial charge in [0.05, 0.1) is 0 Å². The van der Waals surface area contributed by atoms with Crippen LogP contribution >= 0.6 is 0 Å². The summed E-state index contributed by atoms with van der Waals surface area (Å²) in [6.45, 7) is 0. The van der Waals surface area contributed by atoms with Crippen LogP contribution in [0.1, 0.15) is 10.4 Å². The average molecular weight is 362 g/mol. The van der Waals surface area contributed by atoms with Gasteiger partial charge in [0, 0.05) is 0 Å². The molecule has 3 aromatic rings. The Hall–Kier alpha value is -2.37. The Labute approximate surface area is 133 Å². The molecule has 0 aliphatic rings. The molecule has 0 spiro atoms. The Balaban J connectivity index is 1.89. The number of methoxy groups -OCH3 is 2. The van der Waals surface area contributed by atoms with Crippen molar-refractivity contribution in [3.8, 4) is 11.5 Å². The van der Waals surface area contributed by atoms with Crippen LogP contribution < -0.4 is 14.8 Å². The van der Waals surface area contributed by atoms with Crippen molar-refractivity contribution < 1.29 is 14.3 Å². The molecule has 1 amide bonds. The molecule has 0 atom stereocenters.